The predicted molar refractivity (Wildman–Crippen MR) is 116 cm³/mol. The Labute approximate surface area is 188 Å². The first-order chi connectivity index (χ1) is 15.2. The fraction of sp³-hybridized carbons (Fsp3) is 0.450. The molecule has 3 rings (SSSR count). The van der Waals surface area contributed by atoms with Gasteiger partial charge in [0.2, 0.25) is 0 Å². The average molecular weight is 473 g/mol. The molecule has 174 valence electrons. The summed E-state index contributed by atoms with van der Waals surface area (Å²) < 4.78 is 46.8. The van der Waals surface area contributed by atoms with E-state index in [1.807, 2.05) is 4.90 Å². The van der Waals surface area contributed by atoms with Gasteiger partial charge in [-0.2, -0.15) is 0 Å². The minimum Gasteiger partial charge on any atom is -0.496 e. The molecule has 8 nitrogen and oxygen atoms in total. The maximum absolute atomic E-state index is 15.0. The van der Waals surface area contributed by atoms with Crippen molar-refractivity contribution >= 4 is 28.9 Å². The lowest BCUT2D eigenvalue weighted by molar-refractivity contribution is 0.112. The number of aliphatic hydroxyl groups is 1. The summed E-state index contributed by atoms with van der Waals surface area (Å²) in [5.74, 6) is -0.800. The number of hydrogen-bond donors (Lipinski definition) is 4. The minimum atomic E-state index is -3.07. The largest absolute Gasteiger partial charge is 0.496 e. The molecule has 1 atom stereocenters. The molecule has 1 unspecified atom stereocenters. The summed E-state index contributed by atoms with van der Waals surface area (Å²) in [6.07, 6.45) is -1.97. The van der Waals surface area contributed by atoms with Gasteiger partial charge in [-0.3, -0.25) is 10.3 Å². The Kier molecular flexibility index (Phi) is 7.42. The number of rotatable bonds is 9. The Hall–Kier alpha value is -2.63. The van der Waals surface area contributed by atoms with Gasteiger partial charge in [0.1, 0.15) is 35.2 Å². The number of benzene rings is 1. The number of nitrogens with two attached hydrogens (primary N) is 1. The lowest BCUT2D eigenvalue weighted by atomic mass is 9.87. The highest BCUT2D eigenvalue weighted by molar-refractivity contribution is 6.31. The second kappa shape index (κ2) is 9.88. The Morgan fingerprint density at radius 2 is 2.12 bits per heavy atom. The van der Waals surface area contributed by atoms with E-state index in [-0.39, 0.29) is 40.5 Å². The lowest BCUT2D eigenvalue weighted by Crippen LogP contribution is -2.46. The average Bonchev–Trinajstić information content (AvgIpc) is 2.72. The van der Waals surface area contributed by atoms with Crippen molar-refractivity contribution < 1.29 is 23.0 Å². The van der Waals surface area contributed by atoms with Crippen LogP contribution in [0.4, 0.5) is 24.8 Å². The van der Waals surface area contributed by atoms with Crippen LogP contribution in [0.25, 0.3) is 0 Å². The van der Waals surface area contributed by atoms with E-state index in [0.717, 1.165) is 6.33 Å². The number of hydrogen-bond acceptors (Lipinski definition) is 8. The maximum Gasteiger partial charge on any atom is 0.280 e. The molecule has 1 aliphatic rings. The summed E-state index contributed by atoms with van der Waals surface area (Å²) in [6, 6.07) is 0.790. The number of alkyl halides is 2. The molecule has 1 aliphatic heterocycles. The summed E-state index contributed by atoms with van der Waals surface area (Å²) in [5, 5.41) is 19.6. The molecular formula is C20H24ClF3N6O2. The van der Waals surface area contributed by atoms with E-state index in [9.17, 15) is 13.2 Å². The molecular weight excluding hydrogens is 449 g/mol. The van der Waals surface area contributed by atoms with Gasteiger partial charge in [0.15, 0.2) is 0 Å². The second-order valence-corrected chi connectivity index (χ2v) is 7.86. The van der Waals surface area contributed by atoms with E-state index in [4.69, 9.17) is 32.6 Å². The number of nitrogen functional groups attached to an aromatic ring is 1. The van der Waals surface area contributed by atoms with Crippen molar-refractivity contribution in [3.05, 3.63) is 39.9 Å². The fourth-order valence-electron chi connectivity index (χ4n) is 3.81. The predicted octanol–water partition coefficient (Wildman–Crippen LogP) is 3.06. The molecule has 0 saturated carbocycles. The van der Waals surface area contributed by atoms with Crippen molar-refractivity contribution in [1.82, 2.24) is 14.9 Å². The number of ether oxygens (including phenoxy) is 1. The van der Waals surface area contributed by atoms with Crippen LogP contribution in [0.1, 0.15) is 35.6 Å². The number of methoxy groups -OCH3 is 1. The third kappa shape index (κ3) is 4.59. The molecule has 1 fully saturated rings. The van der Waals surface area contributed by atoms with Gasteiger partial charge < -0.3 is 20.9 Å². The Morgan fingerprint density at radius 1 is 1.44 bits per heavy atom. The summed E-state index contributed by atoms with van der Waals surface area (Å²) in [6.45, 7) is 3.26. The molecule has 2 heterocycles. The molecule has 32 heavy (non-hydrogen) atoms. The molecule has 0 amide bonds. The second-order valence-electron chi connectivity index (χ2n) is 7.45. The summed E-state index contributed by atoms with van der Waals surface area (Å²) in [4.78, 5) is 9.63. The molecule has 1 aromatic carbocycles. The number of β-amino-alcohol motifs (C(OH)–C–C–N with tert-alkyl or cyclic N) is 1. The van der Waals surface area contributed by atoms with Crippen LogP contribution in [0.3, 0.4) is 0 Å². The number of aliphatic hydroxyl groups excluding tert-OH is 1. The van der Waals surface area contributed by atoms with Crippen LogP contribution in [0, 0.1) is 11.2 Å². The number of likely N-dealkylation sites (tertiary alicyclic amines) is 1. The van der Waals surface area contributed by atoms with Gasteiger partial charge in [0.05, 0.1) is 30.3 Å². The number of halogens is 4. The summed E-state index contributed by atoms with van der Waals surface area (Å²) in [5.41, 5.74) is 5.21. The molecule has 0 spiro atoms. The summed E-state index contributed by atoms with van der Waals surface area (Å²) in [7, 11) is 1.41. The van der Waals surface area contributed by atoms with Crippen LogP contribution in [-0.2, 0) is 0 Å². The van der Waals surface area contributed by atoms with Crippen LogP contribution in [0.15, 0.2) is 12.4 Å². The van der Waals surface area contributed by atoms with E-state index in [0.29, 0.717) is 30.8 Å². The normalized spacial score (nSPS) is 15.5. The molecule has 1 saturated heterocycles. The summed E-state index contributed by atoms with van der Waals surface area (Å²) >= 11 is 6.18. The van der Waals surface area contributed by atoms with Gasteiger partial charge in [0.25, 0.3) is 6.43 Å². The van der Waals surface area contributed by atoms with E-state index >= 15 is 0 Å². The fourth-order valence-corrected chi connectivity index (χ4v) is 4.03. The highest BCUT2D eigenvalue weighted by atomic mass is 35.5. The van der Waals surface area contributed by atoms with Crippen LogP contribution in [0.5, 0.6) is 5.75 Å². The topological polar surface area (TPSA) is 120 Å². The SMILES string of the molecule is COc1c(C(C)Nc2ncnc(N)c2C(=N)C(F)F)cc(Cl)c(F)c1C1CN(CCO)C1. The third-order valence-electron chi connectivity index (χ3n) is 5.40. The number of nitrogens with one attached hydrogen (secondary N) is 2. The van der Waals surface area contributed by atoms with Gasteiger partial charge in [0, 0.05) is 36.7 Å². The first-order valence-corrected chi connectivity index (χ1v) is 10.2. The van der Waals surface area contributed by atoms with Gasteiger partial charge in [-0.15, -0.1) is 0 Å². The van der Waals surface area contributed by atoms with Crippen molar-refractivity contribution in [2.75, 3.05) is 44.4 Å². The zero-order valence-corrected chi connectivity index (χ0v) is 18.3. The molecule has 1 aromatic heterocycles. The van der Waals surface area contributed by atoms with Gasteiger partial charge in [-0.1, -0.05) is 11.6 Å². The minimum absolute atomic E-state index is 0.00606. The molecule has 12 heteroatoms. The van der Waals surface area contributed by atoms with Gasteiger partial charge in [-0.05, 0) is 13.0 Å². The van der Waals surface area contributed by atoms with Crippen LogP contribution < -0.4 is 15.8 Å². The monoisotopic (exact) mass is 472 g/mol. The van der Waals surface area contributed by atoms with Crippen LogP contribution >= 0.6 is 11.6 Å². The zero-order chi connectivity index (χ0) is 23.6. The Morgan fingerprint density at radius 3 is 2.72 bits per heavy atom. The molecule has 2 aromatic rings. The number of aromatic nitrogens is 2. The van der Waals surface area contributed by atoms with Crippen molar-refractivity contribution in [2.45, 2.75) is 25.3 Å². The molecule has 0 aliphatic carbocycles. The van der Waals surface area contributed by atoms with Crippen molar-refractivity contribution in [3.63, 3.8) is 0 Å². The van der Waals surface area contributed by atoms with Crippen molar-refractivity contribution in [2.24, 2.45) is 0 Å². The zero-order valence-electron chi connectivity index (χ0n) is 17.5. The smallest absolute Gasteiger partial charge is 0.280 e. The first kappa shape index (κ1) is 24.0. The van der Waals surface area contributed by atoms with Gasteiger partial charge in [-0.25, -0.2) is 23.1 Å². The van der Waals surface area contributed by atoms with E-state index in [1.54, 1.807) is 6.92 Å². The van der Waals surface area contributed by atoms with E-state index in [1.165, 1.54) is 13.2 Å². The number of nitrogens with zero attached hydrogens (tertiary/aromatic N) is 3. The van der Waals surface area contributed by atoms with Crippen molar-refractivity contribution in [1.29, 1.82) is 5.41 Å². The van der Waals surface area contributed by atoms with E-state index < -0.39 is 24.0 Å². The highest BCUT2D eigenvalue weighted by Crippen LogP contribution is 2.43. The third-order valence-corrected chi connectivity index (χ3v) is 5.68. The lowest BCUT2D eigenvalue weighted by Gasteiger charge is -2.40. The van der Waals surface area contributed by atoms with Crippen LogP contribution in [0.2, 0.25) is 5.02 Å². The first-order valence-electron chi connectivity index (χ1n) is 9.82. The van der Waals surface area contributed by atoms with Crippen LogP contribution in [-0.4, -0.2) is 65.5 Å². The molecule has 0 radical (unpaired) electrons. The molecule has 5 N–H and O–H groups in total. The standard InChI is InChI=1S/C20H24ClF3N6O2/c1-9(29-20-14(16(25)18(23)24)19(26)27-8-28-20)11-5-12(21)15(22)13(17(11)32-2)10-6-30(7-10)3-4-31/h5,8-10,18,25,31H,3-4,6-7H2,1-2H3,(H3,26,27,28,29). The van der Waals surface area contributed by atoms with E-state index in [2.05, 4.69) is 15.3 Å². The highest BCUT2D eigenvalue weighted by Gasteiger charge is 2.35. The van der Waals surface area contributed by atoms with Crippen molar-refractivity contribution in [3.8, 4) is 5.75 Å². The Balaban J connectivity index is 1.97. The molecule has 0 bridgehead atoms. The number of anilines is 2. The maximum atomic E-state index is 15.0. The van der Waals surface area contributed by atoms with Gasteiger partial charge >= 0.3 is 0 Å². The Bertz CT molecular complexity index is 1000. The quantitative estimate of drug-likeness (QED) is 0.414.